The van der Waals surface area contributed by atoms with Crippen molar-refractivity contribution in [3.8, 4) is 5.75 Å². The summed E-state index contributed by atoms with van der Waals surface area (Å²) in [5.41, 5.74) is 7.23. The van der Waals surface area contributed by atoms with Gasteiger partial charge in [0.1, 0.15) is 5.75 Å². The van der Waals surface area contributed by atoms with E-state index in [-0.39, 0.29) is 18.4 Å². The molecule has 3 heteroatoms. The van der Waals surface area contributed by atoms with Crippen molar-refractivity contribution >= 4 is 23.2 Å². The number of fused-ring (bicyclic) bond motifs is 1. The van der Waals surface area contributed by atoms with Crippen LogP contribution in [0.2, 0.25) is 0 Å². The molecule has 96 valence electrons. The first-order chi connectivity index (χ1) is 8.27. The Morgan fingerprint density at radius 1 is 1.11 bits per heavy atom. The van der Waals surface area contributed by atoms with E-state index in [0.29, 0.717) is 11.7 Å². The van der Waals surface area contributed by atoms with E-state index in [4.69, 9.17) is 5.73 Å². The van der Waals surface area contributed by atoms with Crippen LogP contribution in [0.3, 0.4) is 0 Å². The summed E-state index contributed by atoms with van der Waals surface area (Å²) in [6, 6.07) is 11.8. The molecule has 1 atom stereocenters. The van der Waals surface area contributed by atoms with Crippen molar-refractivity contribution in [3.05, 3.63) is 42.0 Å². The molecule has 0 aromatic heterocycles. The fraction of sp³-hybridized carbons (Fsp3) is 0.333. The standard InChI is InChI=1S/C15H17NO.ClH/c16-15(11-5-3-6-11)14-12-7-2-1-4-10(12)8-9-13(14)17;/h1-2,4,7-9,11,15,17H,3,5-6,16H2;1H/t15-;/m0./s1. The van der Waals surface area contributed by atoms with Crippen LogP contribution in [-0.4, -0.2) is 5.11 Å². The van der Waals surface area contributed by atoms with Crippen molar-refractivity contribution < 1.29 is 5.11 Å². The Labute approximate surface area is 113 Å². The Hall–Kier alpha value is -1.25. The number of rotatable bonds is 2. The summed E-state index contributed by atoms with van der Waals surface area (Å²) in [6.07, 6.45) is 3.64. The van der Waals surface area contributed by atoms with Crippen LogP contribution in [0.15, 0.2) is 36.4 Å². The molecule has 0 amide bonds. The fourth-order valence-electron chi connectivity index (χ4n) is 2.67. The van der Waals surface area contributed by atoms with Gasteiger partial charge in [0.05, 0.1) is 0 Å². The molecule has 0 heterocycles. The lowest BCUT2D eigenvalue weighted by Crippen LogP contribution is -2.27. The van der Waals surface area contributed by atoms with E-state index < -0.39 is 0 Å². The number of benzene rings is 2. The molecule has 2 aromatic carbocycles. The summed E-state index contributed by atoms with van der Waals surface area (Å²) in [5.74, 6) is 0.870. The van der Waals surface area contributed by atoms with Crippen molar-refractivity contribution in [1.29, 1.82) is 0 Å². The molecule has 0 aliphatic heterocycles. The zero-order valence-electron chi connectivity index (χ0n) is 10.2. The van der Waals surface area contributed by atoms with Crippen molar-refractivity contribution in [2.24, 2.45) is 11.7 Å². The third-order valence-electron chi connectivity index (χ3n) is 3.94. The van der Waals surface area contributed by atoms with Crippen molar-refractivity contribution in [2.45, 2.75) is 25.3 Å². The second kappa shape index (κ2) is 5.17. The van der Waals surface area contributed by atoms with Crippen molar-refractivity contribution in [1.82, 2.24) is 0 Å². The van der Waals surface area contributed by atoms with Crippen LogP contribution in [0.5, 0.6) is 5.75 Å². The van der Waals surface area contributed by atoms with Gasteiger partial charge in [0, 0.05) is 11.6 Å². The quantitative estimate of drug-likeness (QED) is 0.866. The lowest BCUT2D eigenvalue weighted by atomic mass is 9.76. The number of hydrogen-bond acceptors (Lipinski definition) is 2. The van der Waals surface area contributed by atoms with E-state index in [0.717, 1.165) is 16.3 Å². The van der Waals surface area contributed by atoms with Crippen molar-refractivity contribution in [2.75, 3.05) is 0 Å². The minimum absolute atomic E-state index is 0. The van der Waals surface area contributed by atoms with E-state index in [1.807, 2.05) is 24.3 Å². The highest BCUT2D eigenvalue weighted by atomic mass is 35.5. The third-order valence-corrected chi connectivity index (χ3v) is 3.94. The zero-order chi connectivity index (χ0) is 11.8. The maximum Gasteiger partial charge on any atom is 0.120 e. The molecule has 18 heavy (non-hydrogen) atoms. The average Bonchev–Trinajstić information content (AvgIpc) is 2.26. The van der Waals surface area contributed by atoms with Gasteiger partial charge in [-0.3, -0.25) is 0 Å². The van der Waals surface area contributed by atoms with E-state index in [9.17, 15) is 5.11 Å². The van der Waals surface area contributed by atoms with Gasteiger partial charge in [-0.25, -0.2) is 0 Å². The van der Waals surface area contributed by atoms with Gasteiger partial charge < -0.3 is 10.8 Å². The number of aromatic hydroxyl groups is 1. The van der Waals surface area contributed by atoms with Gasteiger partial charge in [-0.15, -0.1) is 12.4 Å². The highest BCUT2D eigenvalue weighted by Gasteiger charge is 2.28. The Kier molecular flexibility index (Phi) is 3.79. The topological polar surface area (TPSA) is 46.2 Å². The number of nitrogens with two attached hydrogens (primary N) is 1. The van der Waals surface area contributed by atoms with Crippen LogP contribution in [0, 0.1) is 5.92 Å². The zero-order valence-corrected chi connectivity index (χ0v) is 11.0. The molecule has 0 radical (unpaired) electrons. The predicted molar refractivity (Wildman–Crippen MR) is 77.1 cm³/mol. The summed E-state index contributed by atoms with van der Waals surface area (Å²) >= 11 is 0. The highest BCUT2D eigenvalue weighted by molar-refractivity contribution is 5.88. The highest BCUT2D eigenvalue weighted by Crippen LogP contribution is 2.41. The van der Waals surface area contributed by atoms with Gasteiger partial charge in [0.2, 0.25) is 0 Å². The average molecular weight is 264 g/mol. The molecule has 1 aliphatic carbocycles. The van der Waals surface area contributed by atoms with E-state index in [1.165, 1.54) is 19.3 Å². The van der Waals surface area contributed by atoms with E-state index in [2.05, 4.69) is 6.07 Å². The number of halogens is 1. The molecule has 2 nitrogen and oxygen atoms in total. The SMILES string of the molecule is Cl.N[C@H](c1c(O)ccc2ccccc12)C1CCC1. The number of phenols is 1. The van der Waals surface area contributed by atoms with Gasteiger partial charge in [-0.05, 0) is 35.6 Å². The molecule has 0 saturated heterocycles. The van der Waals surface area contributed by atoms with Crippen molar-refractivity contribution in [3.63, 3.8) is 0 Å². The Bertz CT molecular complexity index is 551. The van der Waals surface area contributed by atoms with Crippen LogP contribution < -0.4 is 5.73 Å². The Morgan fingerprint density at radius 2 is 1.83 bits per heavy atom. The molecule has 3 N–H and O–H groups in total. The summed E-state index contributed by atoms with van der Waals surface area (Å²) in [5, 5.41) is 12.3. The van der Waals surface area contributed by atoms with Crippen LogP contribution in [0.4, 0.5) is 0 Å². The van der Waals surface area contributed by atoms with Crippen LogP contribution in [0.25, 0.3) is 10.8 Å². The number of phenolic OH excluding ortho intramolecular Hbond substituents is 1. The maximum absolute atomic E-state index is 10.1. The van der Waals surface area contributed by atoms with Gasteiger partial charge in [-0.1, -0.05) is 36.8 Å². The lowest BCUT2D eigenvalue weighted by Gasteiger charge is -2.32. The minimum atomic E-state index is -0.0325. The second-order valence-corrected chi connectivity index (χ2v) is 4.94. The predicted octanol–water partition coefficient (Wildman–Crippen LogP) is 3.77. The molecular formula is C15H18ClNO. The molecule has 0 bridgehead atoms. The molecule has 1 fully saturated rings. The van der Waals surface area contributed by atoms with Gasteiger partial charge in [-0.2, -0.15) is 0 Å². The molecule has 1 saturated carbocycles. The molecule has 1 aliphatic rings. The largest absolute Gasteiger partial charge is 0.508 e. The first-order valence-corrected chi connectivity index (χ1v) is 6.23. The molecular weight excluding hydrogens is 246 g/mol. The smallest absolute Gasteiger partial charge is 0.120 e. The monoisotopic (exact) mass is 263 g/mol. The normalized spacial score (nSPS) is 16.9. The summed E-state index contributed by atoms with van der Waals surface area (Å²) in [6.45, 7) is 0. The van der Waals surface area contributed by atoms with Gasteiger partial charge in [0.25, 0.3) is 0 Å². The molecule has 0 unspecified atom stereocenters. The van der Waals surface area contributed by atoms with Crippen LogP contribution in [-0.2, 0) is 0 Å². The Balaban J connectivity index is 0.00000120. The maximum atomic E-state index is 10.1. The summed E-state index contributed by atoms with van der Waals surface area (Å²) in [7, 11) is 0. The molecule has 3 rings (SSSR count). The summed E-state index contributed by atoms with van der Waals surface area (Å²) in [4.78, 5) is 0. The summed E-state index contributed by atoms with van der Waals surface area (Å²) < 4.78 is 0. The van der Waals surface area contributed by atoms with Gasteiger partial charge in [0.15, 0.2) is 0 Å². The third kappa shape index (κ3) is 2.06. The fourth-order valence-corrected chi connectivity index (χ4v) is 2.67. The van der Waals surface area contributed by atoms with Crippen LogP contribution >= 0.6 is 12.4 Å². The lowest BCUT2D eigenvalue weighted by molar-refractivity contribution is 0.261. The first kappa shape index (κ1) is 13.2. The van der Waals surface area contributed by atoms with E-state index >= 15 is 0 Å². The van der Waals surface area contributed by atoms with Crippen LogP contribution in [0.1, 0.15) is 30.9 Å². The van der Waals surface area contributed by atoms with E-state index in [1.54, 1.807) is 6.07 Å². The molecule has 2 aromatic rings. The Morgan fingerprint density at radius 3 is 2.50 bits per heavy atom. The van der Waals surface area contributed by atoms with Gasteiger partial charge >= 0.3 is 0 Å². The number of hydrogen-bond donors (Lipinski definition) is 2. The first-order valence-electron chi connectivity index (χ1n) is 6.23. The molecule has 0 spiro atoms. The second-order valence-electron chi connectivity index (χ2n) is 4.94. The minimum Gasteiger partial charge on any atom is -0.508 e.